The van der Waals surface area contributed by atoms with Crippen LogP contribution in [0.5, 0.6) is 0 Å². The molecular formula is C10H20N2O2. The fourth-order valence-electron chi connectivity index (χ4n) is 1.63. The van der Waals surface area contributed by atoms with Gasteiger partial charge in [-0.25, -0.2) is 0 Å². The minimum Gasteiger partial charge on any atom is -0.374 e. The van der Waals surface area contributed by atoms with E-state index in [0.29, 0.717) is 6.54 Å². The highest BCUT2D eigenvalue weighted by Gasteiger charge is 2.29. The molecule has 82 valence electrons. The van der Waals surface area contributed by atoms with E-state index in [4.69, 9.17) is 10.5 Å². The Bertz CT molecular complexity index is 200. The lowest BCUT2D eigenvalue weighted by molar-refractivity contribution is -0.121. The van der Waals surface area contributed by atoms with Crippen molar-refractivity contribution in [1.29, 1.82) is 0 Å². The second-order valence-corrected chi connectivity index (χ2v) is 4.34. The maximum atomic E-state index is 10.8. The van der Waals surface area contributed by atoms with Crippen LogP contribution in [0.4, 0.5) is 0 Å². The molecule has 1 fully saturated rings. The van der Waals surface area contributed by atoms with Crippen LogP contribution in [0, 0.1) is 5.92 Å². The van der Waals surface area contributed by atoms with E-state index in [1.54, 1.807) is 0 Å². The van der Waals surface area contributed by atoms with Crippen LogP contribution in [0.3, 0.4) is 0 Å². The van der Waals surface area contributed by atoms with Crippen molar-refractivity contribution in [3.05, 3.63) is 0 Å². The van der Waals surface area contributed by atoms with Gasteiger partial charge >= 0.3 is 0 Å². The Balaban J connectivity index is 2.17. The van der Waals surface area contributed by atoms with E-state index < -0.39 is 0 Å². The monoisotopic (exact) mass is 200 g/mol. The van der Waals surface area contributed by atoms with Gasteiger partial charge in [0.15, 0.2) is 0 Å². The summed E-state index contributed by atoms with van der Waals surface area (Å²) in [4.78, 5) is 10.8. The van der Waals surface area contributed by atoms with Crippen molar-refractivity contribution in [3.63, 3.8) is 0 Å². The van der Waals surface area contributed by atoms with Crippen LogP contribution in [0.15, 0.2) is 0 Å². The average Bonchev–Trinajstić information content (AvgIpc) is 2.52. The highest BCUT2D eigenvalue weighted by atomic mass is 16.5. The lowest BCUT2D eigenvalue weighted by atomic mass is 10.0. The van der Waals surface area contributed by atoms with Gasteiger partial charge in [-0.15, -0.1) is 0 Å². The Labute approximate surface area is 85.2 Å². The fraction of sp³-hybridized carbons (Fsp3) is 0.900. The van der Waals surface area contributed by atoms with Crippen LogP contribution in [-0.4, -0.2) is 31.2 Å². The Morgan fingerprint density at radius 2 is 2.43 bits per heavy atom. The Morgan fingerprint density at radius 1 is 1.71 bits per heavy atom. The van der Waals surface area contributed by atoms with E-state index in [0.717, 1.165) is 26.0 Å². The number of nitrogens with two attached hydrogens (primary N) is 1. The van der Waals surface area contributed by atoms with E-state index in [1.165, 1.54) is 0 Å². The Morgan fingerprint density at radius 3 is 2.93 bits per heavy atom. The van der Waals surface area contributed by atoms with Crippen LogP contribution >= 0.6 is 0 Å². The molecule has 0 aromatic carbocycles. The normalized spacial score (nSPS) is 29.0. The van der Waals surface area contributed by atoms with Gasteiger partial charge < -0.3 is 15.8 Å². The van der Waals surface area contributed by atoms with Gasteiger partial charge in [0.1, 0.15) is 0 Å². The lowest BCUT2D eigenvalue weighted by Gasteiger charge is -2.24. The van der Waals surface area contributed by atoms with Crippen LogP contribution < -0.4 is 11.1 Å². The van der Waals surface area contributed by atoms with Crippen LogP contribution in [0.1, 0.15) is 26.7 Å². The molecule has 3 N–H and O–H groups in total. The molecule has 1 heterocycles. The van der Waals surface area contributed by atoms with E-state index in [9.17, 15) is 4.79 Å². The molecule has 0 radical (unpaired) electrons. The molecule has 1 rings (SSSR count). The lowest BCUT2D eigenvalue weighted by Crippen LogP contribution is -2.40. The van der Waals surface area contributed by atoms with Gasteiger partial charge in [0.2, 0.25) is 5.91 Å². The smallest absolute Gasteiger partial charge is 0.221 e. The largest absolute Gasteiger partial charge is 0.374 e. The molecule has 14 heavy (non-hydrogen) atoms. The Hall–Kier alpha value is -0.610. The zero-order valence-electron chi connectivity index (χ0n) is 9.01. The zero-order chi connectivity index (χ0) is 10.6. The van der Waals surface area contributed by atoms with Crippen LogP contribution in [0.25, 0.3) is 0 Å². The highest BCUT2D eigenvalue weighted by molar-refractivity contribution is 5.76. The van der Waals surface area contributed by atoms with Crippen molar-refractivity contribution in [3.8, 4) is 0 Å². The maximum Gasteiger partial charge on any atom is 0.221 e. The molecule has 0 saturated carbocycles. The molecule has 4 heteroatoms. The fourth-order valence-corrected chi connectivity index (χ4v) is 1.63. The van der Waals surface area contributed by atoms with Crippen molar-refractivity contribution in [1.82, 2.24) is 5.32 Å². The minimum atomic E-state index is -0.255. The molecule has 2 unspecified atom stereocenters. The van der Waals surface area contributed by atoms with Gasteiger partial charge in [-0.2, -0.15) is 0 Å². The number of amides is 1. The molecule has 1 saturated heterocycles. The summed E-state index contributed by atoms with van der Waals surface area (Å²) in [6, 6.07) is 0. The molecule has 0 aliphatic carbocycles. The summed E-state index contributed by atoms with van der Waals surface area (Å²) in [7, 11) is 0. The summed E-state index contributed by atoms with van der Waals surface area (Å²) >= 11 is 0. The Kier molecular flexibility index (Phi) is 3.89. The number of carbonyl (C=O) groups is 1. The second-order valence-electron chi connectivity index (χ2n) is 4.34. The van der Waals surface area contributed by atoms with E-state index >= 15 is 0 Å². The second kappa shape index (κ2) is 4.75. The first kappa shape index (κ1) is 11.5. The summed E-state index contributed by atoms with van der Waals surface area (Å²) < 4.78 is 5.60. The van der Waals surface area contributed by atoms with Gasteiger partial charge in [0.05, 0.1) is 5.60 Å². The molecule has 1 aliphatic rings. The van der Waals surface area contributed by atoms with Gasteiger partial charge in [-0.05, 0) is 19.8 Å². The molecule has 1 amide bonds. The van der Waals surface area contributed by atoms with Crippen molar-refractivity contribution < 1.29 is 9.53 Å². The van der Waals surface area contributed by atoms with Gasteiger partial charge in [-0.1, -0.05) is 6.92 Å². The summed E-state index contributed by atoms with van der Waals surface area (Å²) in [5.41, 5.74) is 5.11. The third-order valence-electron chi connectivity index (χ3n) is 2.74. The molecule has 2 atom stereocenters. The predicted molar refractivity (Wildman–Crippen MR) is 54.8 cm³/mol. The third kappa shape index (κ3) is 3.27. The average molecular weight is 200 g/mol. The number of nitrogens with one attached hydrogen (secondary N) is 1. The number of rotatable bonds is 5. The molecule has 1 aliphatic heterocycles. The summed E-state index contributed by atoms with van der Waals surface area (Å²) in [5, 5.41) is 3.22. The van der Waals surface area contributed by atoms with Gasteiger partial charge in [0.25, 0.3) is 0 Å². The number of hydrogen-bond acceptors (Lipinski definition) is 3. The molecule has 4 nitrogen and oxygen atoms in total. The predicted octanol–water partition coefficient (Wildman–Crippen LogP) is 0.267. The number of primary amides is 1. The minimum absolute atomic E-state index is 0.0443. The number of carbonyl (C=O) groups excluding carboxylic acids is 1. The van der Waals surface area contributed by atoms with E-state index in [-0.39, 0.29) is 17.4 Å². The molecule has 0 spiro atoms. The molecule has 0 aromatic rings. The summed E-state index contributed by atoms with van der Waals surface area (Å²) in [6.45, 7) is 6.21. The third-order valence-corrected chi connectivity index (χ3v) is 2.74. The van der Waals surface area contributed by atoms with E-state index in [1.807, 2.05) is 6.92 Å². The summed E-state index contributed by atoms with van der Waals surface area (Å²) in [6.07, 6.45) is 2.22. The SMILES string of the molecule is CC(CNCC1(C)CCCO1)C(N)=O. The first-order valence-corrected chi connectivity index (χ1v) is 5.17. The number of ether oxygens (including phenoxy) is 1. The standard InChI is InChI=1S/C10H20N2O2/c1-8(9(11)13)6-12-7-10(2)4-3-5-14-10/h8,12H,3-7H2,1-2H3,(H2,11,13). The first-order chi connectivity index (χ1) is 6.53. The van der Waals surface area contributed by atoms with Gasteiger partial charge in [-0.3, -0.25) is 4.79 Å². The van der Waals surface area contributed by atoms with Gasteiger partial charge in [0, 0.05) is 25.6 Å². The van der Waals surface area contributed by atoms with Crippen LogP contribution in [0.2, 0.25) is 0 Å². The van der Waals surface area contributed by atoms with Crippen molar-refractivity contribution in [2.45, 2.75) is 32.3 Å². The highest BCUT2D eigenvalue weighted by Crippen LogP contribution is 2.23. The zero-order valence-corrected chi connectivity index (χ0v) is 9.01. The van der Waals surface area contributed by atoms with Crippen molar-refractivity contribution in [2.75, 3.05) is 19.7 Å². The maximum absolute atomic E-state index is 10.8. The molecule has 0 bridgehead atoms. The topological polar surface area (TPSA) is 64.3 Å². The summed E-state index contributed by atoms with van der Waals surface area (Å²) in [5.74, 6) is -0.366. The van der Waals surface area contributed by atoms with E-state index in [2.05, 4.69) is 12.2 Å². The first-order valence-electron chi connectivity index (χ1n) is 5.17. The molecular weight excluding hydrogens is 180 g/mol. The van der Waals surface area contributed by atoms with Crippen molar-refractivity contribution in [2.24, 2.45) is 11.7 Å². The number of hydrogen-bond donors (Lipinski definition) is 2. The molecule has 0 aromatic heterocycles. The van der Waals surface area contributed by atoms with Crippen molar-refractivity contribution >= 4 is 5.91 Å². The van der Waals surface area contributed by atoms with Crippen LogP contribution in [-0.2, 0) is 9.53 Å². The quantitative estimate of drug-likeness (QED) is 0.669.